The van der Waals surface area contributed by atoms with Crippen molar-refractivity contribution in [2.75, 3.05) is 26.8 Å². The number of halogens is 2. The third-order valence-electron chi connectivity index (χ3n) is 2.96. The van der Waals surface area contributed by atoms with Crippen LogP contribution < -0.4 is 10.6 Å². The topological polar surface area (TPSA) is 33.3 Å². The van der Waals surface area contributed by atoms with E-state index in [1.165, 1.54) is 6.07 Å². The highest BCUT2D eigenvalue weighted by Crippen LogP contribution is 2.24. The maximum atomic E-state index is 13.8. The highest BCUT2D eigenvalue weighted by atomic mass is 79.9. The number of hydrogen-bond acceptors (Lipinski definition) is 3. The molecule has 0 bridgehead atoms. The molecule has 3 nitrogen and oxygen atoms in total. The highest BCUT2D eigenvalue weighted by Gasteiger charge is 2.26. The van der Waals surface area contributed by atoms with Crippen molar-refractivity contribution < 1.29 is 9.13 Å². The van der Waals surface area contributed by atoms with Gasteiger partial charge in [0, 0.05) is 16.6 Å². The van der Waals surface area contributed by atoms with Crippen molar-refractivity contribution in [1.82, 2.24) is 10.6 Å². The molecule has 1 aromatic carbocycles. The standard InChI is InChI=1S/C12H16BrFN2O/c1-15-12(11-7-17-5-4-16-11)9-6-8(13)2-3-10(9)14/h2-3,6,11-12,15-16H,4-5,7H2,1H3. The van der Waals surface area contributed by atoms with Crippen LogP contribution >= 0.6 is 15.9 Å². The van der Waals surface area contributed by atoms with Crippen LogP contribution in [0.15, 0.2) is 22.7 Å². The summed E-state index contributed by atoms with van der Waals surface area (Å²) in [6.45, 7) is 2.11. The Balaban J connectivity index is 2.24. The van der Waals surface area contributed by atoms with Crippen LogP contribution in [0.4, 0.5) is 4.39 Å². The van der Waals surface area contributed by atoms with Gasteiger partial charge in [-0.15, -0.1) is 0 Å². The van der Waals surface area contributed by atoms with Crippen molar-refractivity contribution in [3.05, 3.63) is 34.1 Å². The van der Waals surface area contributed by atoms with Crippen molar-refractivity contribution in [3.8, 4) is 0 Å². The highest BCUT2D eigenvalue weighted by molar-refractivity contribution is 9.10. The number of morpholine rings is 1. The van der Waals surface area contributed by atoms with Gasteiger partial charge in [0.2, 0.25) is 0 Å². The quantitative estimate of drug-likeness (QED) is 0.894. The summed E-state index contributed by atoms with van der Waals surface area (Å²) < 4.78 is 20.1. The van der Waals surface area contributed by atoms with Gasteiger partial charge in [-0.3, -0.25) is 0 Å². The summed E-state index contributed by atoms with van der Waals surface area (Å²) in [6.07, 6.45) is 0. The van der Waals surface area contributed by atoms with Gasteiger partial charge in [-0.05, 0) is 25.2 Å². The molecule has 2 atom stereocenters. The fourth-order valence-corrected chi connectivity index (χ4v) is 2.50. The Morgan fingerprint density at radius 2 is 2.41 bits per heavy atom. The molecule has 1 fully saturated rings. The van der Waals surface area contributed by atoms with Crippen LogP contribution in [0.2, 0.25) is 0 Å². The molecule has 0 spiro atoms. The van der Waals surface area contributed by atoms with Gasteiger partial charge in [-0.2, -0.15) is 0 Å². The van der Waals surface area contributed by atoms with Crippen LogP contribution in [0, 0.1) is 5.82 Å². The lowest BCUT2D eigenvalue weighted by Crippen LogP contribution is -2.48. The van der Waals surface area contributed by atoms with Gasteiger partial charge >= 0.3 is 0 Å². The number of benzene rings is 1. The lowest BCUT2D eigenvalue weighted by Gasteiger charge is -2.31. The first kappa shape index (κ1) is 13.0. The minimum Gasteiger partial charge on any atom is -0.378 e. The summed E-state index contributed by atoms with van der Waals surface area (Å²) in [5, 5.41) is 6.50. The van der Waals surface area contributed by atoms with Crippen LogP contribution in [0.25, 0.3) is 0 Å². The normalized spacial score (nSPS) is 22.4. The zero-order chi connectivity index (χ0) is 12.3. The van der Waals surface area contributed by atoms with E-state index in [1.807, 2.05) is 13.1 Å². The maximum Gasteiger partial charge on any atom is 0.128 e. The van der Waals surface area contributed by atoms with E-state index in [2.05, 4.69) is 26.6 Å². The summed E-state index contributed by atoms with van der Waals surface area (Å²) in [7, 11) is 1.83. The monoisotopic (exact) mass is 302 g/mol. The second-order valence-electron chi connectivity index (χ2n) is 4.07. The third kappa shape index (κ3) is 3.04. The lowest BCUT2D eigenvalue weighted by molar-refractivity contribution is 0.0641. The van der Waals surface area contributed by atoms with Crippen molar-refractivity contribution in [1.29, 1.82) is 0 Å². The van der Waals surface area contributed by atoms with Crippen LogP contribution in [0.5, 0.6) is 0 Å². The summed E-state index contributed by atoms with van der Waals surface area (Å²) in [5.41, 5.74) is 0.657. The van der Waals surface area contributed by atoms with Gasteiger partial charge in [0.15, 0.2) is 0 Å². The van der Waals surface area contributed by atoms with Gasteiger partial charge in [0.25, 0.3) is 0 Å². The summed E-state index contributed by atoms with van der Waals surface area (Å²) in [5.74, 6) is -0.195. The number of likely N-dealkylation sites (N-methyl/N-ethyl adjacent to an activating group) is 1. The van der Waals surface area contributed by atoms with Gasteiger partial charge in [0.1, 0.15) is 5.82 Å². The Morgan fingerprint density at radius 3 is 3.06 bits per heavy atom. The molecule has 94 valence electrons. The first-order valence-corrected chi connectivity index (χ1v) is 6.45. The molecule has 1 aliphatic rings. The molecule has 0 saturated carbocycles. The zero-order valence-electron chi connectivity index (χ0n) is 9.67. The summed E-state index contributed by atoms with van der Waals surface area (Å²) in [6, 6.07) is 5.00. The van der Waals surface area contributed by atoms with Gasteiger partial charge in [0.05, 0.1) is 25.3 Å². The molecule has 2 rings (SSSR count). The van der Waals surface area contributed by atoms with E-state index >= 15 is 0 Å². The first-order valence-electron chi connectivity index (χ1n) is 5.65. The van der Waals surface area contributed by atoms with Crippen molar-refractivity contribution in [2.45, 2.75) is 12.1 Å². The zero-order valence-corrected chi connectivity index (χ0v) is 11.3. The average molecular weight is 303 g/mol. The van der Waals surface area contributed by atoms with Gasteiger partial charge < -0.3 is 15.4 Å². The van der Waals surface area contributed by atoms with E-state index in [9.17, 15) is 4.39 Å². The van der Waals surface area contributed by atoms with E-state index in [4.69, 9.17) is 4.74 Å². The molecule has 2 N–H and O–H groups in total. The molecule has 17 heavy (non-hydrogen) atoms. The van der Waals surface area contributed by atoms with Gasteiger partial charge in [-0.1, -0.05) is 15.9 Å². The second-order valence-corrected chi connectivity index (χ2v) is 4.98. The predicted molar refractivity (Wildman–Crippen MR) is 68.5 cm³/mol. The minimum absolute atomic E-state index is 0.0900. The fourth-order valence-electron chi connectivity index (χ4n) is 2.13. The Labute approximate surface area is 109 Å². The molecule has 0 amide bonds. The van der Waals surface area contributed by atoms with Crippen molar-refractivity contribution in [2.24, 2.45) is 0 Å². The molecule has 1 saturated heterocycles. The second kappa shape index (κ2) is 5.91. The number of nitrogens with one attached hydrogen (secondary N) is 2. The Kier molecular flexibility index (Phi) is 4.50. The Hall–Kier alpha value is -0.490. The van der Waals surface area contributed by atoms with Crippen molar-refractivity contribution in [3.63, 3.8) is 0 Å². The van der Waals surface area contributed by atoms with E-state index < -0.39 is 0 Å². The smallest absolute Gasteiger partial charge is 0.128 e. The lowest BCUT2D eigenvalue weighted by atomic mass is 9.98. The largest absolute Gasteiger partial charge is 0.378 e. The predicted octanol–water partition coefficient (Wildman–Crippen LogP) is 1.84. The van der Waals surface area contributed by atoms with E-state index in [0.29, 0.717) is 18.8 Å². The minimum atomic E-state index is -0.195. The molecule has 0 radical (unpaired) electrons. The molecule has 0 aromatic heterocycles. The molecule has 1 aliphatic heterocycles. The number of ether oxygens (including phenoxy) is 1. The average Bonchev–Trinajstić information content (AvgIpc) is 2.36. The molecule has 1 aromatic rings. The molecule has 2 unspecified atom stereocenters. The van der Waals surface area contributed by atoms with Gasteiger partial charge in [-0.25, -0.2) is 4.39 Å². The third-order valence-corrected chi connectivity index (χ3v) is 3.45. The SMILES string of the molecule is CNC(c1cc(Br)ccc1F)C1COCCN1. The molecule has 1 heterocycles. The van der Waals surface area contributed by atoms with E-state index in [0.717, 1.165) is 11.0 Å². The fraction of sp³-hybridized carbons (Fsp3) is 0.500. The summed E-state index contributed by atoms with van der Waals surface area (Å²) in [4.78, 5) is 0. The van der Waals surface area contributed by atoms with Crippen LogP contribution in [-0.2, 0) is 4.74 Å². The Bertz CT molecular complexity index is 383. The number of hydrogen-bond donors (Lipinski definition) is 2. The molecular weight excluding hydrogens is 287 g/mol. The van der Waals surface area contributed by atoms with E-state index in [-0.39, 0.29) is 17.9 Å². The van der Waals surface area contributed by atoms with E-state index in [1.54, 1.807) is 6.07 Å². The molecule has 5 heteroatoms. The first-order chi connectivity index (χ1) is 8.22. The van der Waals surface area contributed by atoms with Crippen LogP contribution in [0.3, 0.4) is 0 Å². The molecular formula is C12H16BrFN2O. The van der Waals surface area contributed by atoms with Crippen molar-refractivity contribution >= 4 is 15.9 Å². The Morgan fingerprint density at radius 1 is 1.59 bits per heavy atom. The van der Waals surface area contributed by atoms with Crippen LogP contribution in [-0.4, -0.2) is 32.8 Å². The summed E-state index contributed by atoms with van der Waals surface area (Å²) >= 11 is 3.37. The maximum absolute atomic E-state index is 13.8. The number of rotatable bonds is 3. The van der Waals surface area contributed by atoms with Crippen LogP contribution in [0.1, 0.15) is 11.6 Å². The molecule has 0 aliphatic carbocycles.